The molecule has 0 radical (unpaired) electrons. The van der Waals surface area contributed by atoms with E-state index in [-0.39, 0.29) is 12.5 Å². The van der Waals surface area contributed by atoms with Crippen molar-refractivity contribution in [2.75, 3.05) is 11.9 Å². The number of anilines is 1. The number of aromatic nitrogens is 4. The van der Waals surface area contributed by atoms with Gasteiger partial charge in [-0.2, -0.15) is 0 Å². The molecule has 2 aliphatic rings. The zero-order chi connectivity index (χ0) is 17.9. The van der Waals surface area contributed by atoms with E-state index in [1.165, 1.54) is 12.8 Å². The first-order valence-electron chi connectivity index (χ1n) is 9.60. The molecular formula is C19H26N6O. The van der Waals surface area contributed by atoms with E-state index in [2.05, 4.69) is 33.1 Å². The molecule has 1 aromatic heterocycles. The molecule has 0 aliphatic heterocycles. The van der Waals surface area contributed by atoms with Crippen LogP contribution in [-0.4, -0.2) is 38.7 Å². The molecule has 1 aromatic carbocycles. The van der Waals surface area contributed by atoms with Crippen LogP contribution >= 0.6 is 0 Å². The Morgan fingerprint density at radius 2 is 2.00 bits per heavy atom. The molecule has 2 aliphatic carbocycles. The Morgan fingerprint density at radius 3 is 2.77 bits per heavy atom. The van der Waals surface area contributed by atoms with Crippen molar-refractivity contribution >= 4 is 11.6 Å². The Hall–Kier alpha value is -2.44. The number of hydrogen-bond donors (Lipinski definition) is 2. The molecular weight excluding hydrogens is 328 g/mol. The highest BCUT2D eigenvalue weighted by Crippen LogP contribution is 2.36. The molecule has 2 aromatic rings. The lowest BCUT2D eigenvalue weighted by Gasteiger charge is -2.27. The lowest BCUT2D eigenvalue weighted by atomic mass is 9.87. The van der Waals surface area contributed by atoms with Gasteiger partial charge in [0.05, 0.1) is 12.6 Å². The average molecular weight is 354 g/mol. The van der Waals surface area contributed by atoms with Crippen LogP contribution in [0.25, 0.3) is 11.4 Å². The lowest BCUT2D eigenvalue weighted by Crippen LogP contribution is -2.40. The number of rotatable bonds is 6. The molecule has 7 heteroatoms. The highest BCUT2D eigenvalue weighted by molar-refractivity contribution is 5.81. The number of carbonyl (C=O) groups excluding carboxylic acids is 1. The standard InChI is InChI=1S/C19H26N6O/c1-13-5-7-15(8-6-13)21-18(26)12-20-16-4-2-3-14(11-16)19-22-23-24-25(19)17-9-10-17/h2-4,11,13,15,17,20H,5-10,12H2,1H3,(H,21,26). The fourth-order valence-corrected chi connectivity index (χ4v) is 3.58. The minimum atomic E-state index is 0.0535. The zero-order valence-electron chi connectivity index (χ0n) is 15.2. The van der Waals surface area contributed by atoms with Crippen LogP contribution in [0.15, 0.2) is 24.3 Å². The van der Waals surface area contributed by atoms with Crippen LogP contribution in [0.4, 0.5) is 5.69 Å². The largest absolute Gasteiger partial charge is 0.376 e. The SMILES string of the molecule is CC1CCC(NC(=O)CNc2cccc(-c3nnnn3C3CC3)c2)CC1. The Balaban J connectivity index is 1.34. The van der Waals surface area contributed by atoms with Crippen molar-refractivity contribution in [1.82, 2.24) is 25.5 Å². The van der Waals surface area contributed by atoms with Crippen LogP contribution in [-0.2, 0) is 4.79 Å². The second-order valence-corrected chi connectivity index (χ2v) is 7.64. The van der Waals surface area contributed by atoms with Crippen molar-refractivity contribution in [2.24, 2.45) is 5.92 Å². The first-order valence-corrected chi connectivity index (χ1v) is 9.60. The number of tetrazole rings is 1. The summed E-state index contributed by atoms with van der Waals surface area (Å²) in [6.07, 6.45) is 6.86. The summed E-state index contributed by atoms with van der Waals surface area (Å²) in [4.78, 5) is 12.2. The minimum Gasteiger partial charge on any atom is -0.376 e. The van der Waals surface area contributed by atoms with Gasteiger partial charge >= 0.3 is 0 Å². The third-order valence-corrected chi connectivity index (χ3v) is 5.34. The summed E-state index contributed by atoms with van der Waals surface area (Å²) in [6, 6.07) is 8.68. The van der Waals surface area contributed by atoms with Crippen molar-refractivity contribution in [2.45, 2.75) is 57.5 Å². The summed E-state index contributed by atoms with van der Waals surface area (Å²) in [5, 5.41) is 18.4. The fraction of sp³-hybridized carbons (Fsp3) is 0.579. The summed E-state index contributed by atoms with van der Waals surface area (Å²) >= 11 is 0. The Kier molecular flexibility index (Phi) is 4.86. The topological polar surface area (TPSA) is 84.7 Å². The summed E-state index contributed by atoms with van der Waals surface area (Å²) in [6.45, 7) is 2.56. The van der Waals surface area contributed by atoms with Gasteiger partial charge in [-0.05, 0) is 67.0 Å². The molecule has 0 unspecified atom stereocenters. The van der Waals surface area contributed by atoms with Gasteiger partial charge in [0, 0.05) is 17.3 Å². The average Bonchev–Trinajstić information content (AvgIpc) is 3.38. The van der Waals surface area contributed by atoms with Crippen LogP contribution < -0.4 is 10.6 Å². The summed E-state index contributed by atoms with van der Waals surface area (Å²) < 4.78 is 1.90. The normalized spacial score (nSPS) is 22.8. The molecule has 2 saturated carbocycles. The van der Waals surface area contributed by atoms with Crippen molar-refractivity contribution in [3.63, 3.8) is 0 Å². The fourth-order valence-electron chi connectivity index (χ4n) is 3.58. The number of nitrogens with one attached hydrogen (secondary N) is 2. The van der Waals surface area contributed by atoms with Gasteiger partial charge in [-0.3, -0.25) is 4.79 Å². The first kappa shape index (κ1) is 17.0. The molecule has 2 N–H and O–H groups in total. The summed E-state index contributed by atoms with van der Waals surface area (Å²) in [5.74, 6) is 1.63. The van der Waals surface area contributed by atoms with Crippen LogP contribution in [0.2, 0.25) is 0 Å². The van der Waals surface area contributed by atoms with Crippen LogP contribution in [0.3, 0.4) is 0 Å². The quantitative estimate of drug-likeness (QED) is 0.833. The van der Waals surface area contributed by atoms with Crippen LogP contribution in [0.1, 0.15) is 51.5 Å². The Morgan fingerprint density at radius 1 is 1.19 bits per heavy atom. The second kappa shape index (κ2) is 7.43. The maximum Gasteiger partial charge on any atom is 0.239 e. The molecule has 1 amide bonds. The zero-order valence-corrected chi connectivity index (χ0v) is 15.2. The number of hydrogen-bond acceptors (Lipinski definition) is 5. The van der Waals surface area contributed by atoms with Gasteiger partial charge in [-0.1, -0.05) is 19.1 Å². The molecule has 0 saturated heterocycles. The molecule has 26 heavy (non-hydrogen) atoms. The highest BCUT2D eigenvalue weighted by atomic mass is 16.1. The van der Waals surface area contributed by atoms with E-state index in [4.69, 9.17) is 0 Å². The van der Waals surface area contributed by atoms with E-state index in [9.17, 15) is 4.79 Å². The van der Waals surface area contributed by atoms with Gasteiger partial charge in [0.2, 0.25) is 5.91 Å². The maximum atomic E-state index is 12.2. The molecule has 7 nitrogen and oxygen atoms in total. The van der Waals surface area contributed by atoms with E-state index in [1.807, 2.05) is 28.9 Å². The number of carbonyl (C=O) groups is 1. The Bertz CT molecular complexity index is 761. The Labute approximate surface area is 153 Å². The molecule has 2 fully saturated rings. The van der Waals surface area contributed by atoms with Gasteiger partial charge in [0.1, 0.15) is 0 Å². The summed E-state index contributed by atoms with van der Waals surface area (Å²) in [7, 11) is 0. The second-order valence-electron chi connectivity index (χ2n) is 7.64. The van der Waals surface area contributed by atoms with Gasteiger partial charge in [-0.15, -0.1) is 5.10 Å². The van der Waals surface area contributed by atoms with Crippen molar-refractivity contribution < 1.29 is 4.79 Å². The molecule has 4 rings (SSSR count). The number of amides is 1. The van der Waals surface area contributed by atoms with Gasteiger partial charge in [-0.25, -0.2) is 4.68 Å². The third kappa shape index (κ3) is 4.03. The van der Waals surface area contributed by atoms with Gasteiger partial charge in [0.15, 0.2) is 5.82 Å². The molecule has 0 atom stereocenters. The maximum absolute atomic E-state index is 12.2. The number of nitrogens with zero attached hydrogens (tertiary/aromatic N) is 4. The molecule has 0 spiro atoms. The monoisotopic (exact) mass is 354 g/mol. The number of benzene rings is 1. The minimum absolute atomic E-state index is 0.0535. The summed E-state index contributed by atoms with van der Waals surface area (Å²) in [5.41, 5.74) is 1.87. The van der Waals surface area contributed by atoms with Crippen molar-refractivity contribution in [1.29, 1.82) is 0 Å². The van der Waals surface area contributed by atoms with Gasteiger partial charge in [0.25, 0.3) is 0 Å². The molecule has 138 valence electrons. The van der Waals surface area contributed by atoms with E-state index in [0.29, 0.717) is 12.1 Å². The van der Waals surface area contributed by atoms with Crippen molar-refractivity contribution in [3.8, 4) is 11.4 Å². The molecule has 1 heterocycles. The lowest BCUT2D eigenvalue weighted by molar-refractivity contribution is -0.120. The van der Waals surface area contributed by atoms with E-state index < -0.39 is 0 Å². The highest BCUT2D eigenvalue weighted by Gasteiger charge is 2.28. The molecule has 0 bridgehead atoms. The van der Waals surface area contributed by atoms with E-state index in [0.717, 1.165) is 48.7 Å². The third-order valence-electron chi connectivity index (χ3n) is 5.34. The predicted molar refractivity (Wildman–Crippen MR) is 99.6 cm³/mol. The smallest absolute Gasteiger partial charge is 0.239 e. The van der Waals surface area contributed by atoms with E-state index >= 15 is 0 Å². The van der Waals surface area contributed by atoms with Crippen molar-refractivity contribution in [3.05, 3.63) is 24.3 Å². The first-order chi connectivity index (χ1) is 12.7. The van der Waals surface area contributed by atoms with Crippen LogP contribution in [0.5, 0.6) is 0 Å². The van der Waals surface area contributed by atoms with E-state index in [1.54, 1.807) is 0 Å². The van der Waals surface area contributed by atoms with Crippen LogP contribution in [0, 0.1) is 5.92 Å². The predicted octanol–water partition coefficient (Wildman–Crippen LogP) is 2.78. The van der Waals surface area contributed by atoms with Gasteiger partial charge < -0.3 is 10.6 Å².